The second kappa shape index (κ2) is 8.38. The highest BCUT2D eigenvalue weighted by Gasteiger charge is 2.31. The van der Waals surface area contributed by atoms with Gasteiger partial charge in [-0.1, -0.05) is 128 Å². The first kappa shape index (κ1) is 23.9. The number of benzene rings is 9. The monoisotopic (exact) mass is 560 g/mol. The summed E-state index contributed by atoms with van der Waals surface area (Å²) in [5.74, 6) is -1.67. The van der Waals surface area contributed by atoms with Gasteiger partial charge < -0.3 is 0 Å². The molecule has 198 valence electrons. The third-order valence-corrected chi connectivity index (χ3v) is 12.8. The summed E-state index contributed by atoms with van der Waals surface area (Å²) in [5.41, 5.74) is 0. The average Bonchev–Trinajstić information content (AvgIpc) is 3.03. The lowest BCUT2D eigenvalue weighted by atomic mass is 9.94. The van der Waals surface area contributed by atoms with Crippen LogP contribution < -0.4 is 15.9 Å². The Labute approximate surface area is 241 Å². The quantitative estimate of drug-likeness (QED) is 0.149. The first-order valence-electron chi connectivity index (χ1n) is 14.1. The summed E-state index contributed by atoms with van der Waals surface area (Å²) in [5, 5.41) is 15.9. The van der Waals surface area contributed by atoms with E-state index in [0.29, 0.717) is 5.30 Å². The van der Waals surface area contributed by atoms with Gasteiger partial charge in [0.1, 0.15) is 0 Å². The molecule has 0 aliphatic carbocycles. The second-order valence-corrected chi connectivity index (χ2v) is 14.3. The van der Waals surface area contributed by atoms with Crippen LogP contribution >= 0.6 is 6.89 Å². The van der Waals surface area contributed by atoms with E-state index in [4.69, 9.17) is 6.30 Å². The average molecular weight is 561 g/mol. The van der Waals surface area contributed by atoms with Gasteiger partial charge in [-0.15, -0.1) is 0 Å². The molecular formula is C39H23F2P. The van der Waals surface area contributed by atoms with Gasteiger partial charge >= 0.3 is 0 Å². The fraction of sp³-hybridized carbons (Fsp3) is 0. The van der Waals surface area contributed by atoms with Crippen molar-refractivity contribution < 1.29 is 8.78 Å². The molecule has 9 aromatic rings. The highest BCUT2D eigenvalue weighted by atomic mass is 31.2. The number of halogens is 2. The first-order chi connectivity index (χ1) is 20.5. The van der Waals surface area contributed by atoms with Crippen molar-refractivity contribution in [1.82, 2.24) is 0 Å². The molecule has 0 bridgehead atoms. The molecule has 0 saturated carbocycles. The van der Waals surface area contributed by atoms with Crippen LogP contribution in [0.25, 0.3) is 64.6 Å². The second-order valence-electron chi connectivity index (χ2n) is 11.3. The van der Waals surface area contributed by atoms with Crippen molar-refractivity contribution in [2.45, 2.75) is 0 Å². The highest BCUT2D eigenvalue weighted by molar-refractivity contribution is 7.94. The van der Waals surface area contributed by atoms with Crippen LogP contribution in [0.2, 0.25) is 0 Å². The summed E-state index contributed by atoms with van der Waals surface area (Å²) in [6.07, 6.45) is 4.95. The lowest BCUT2D eigenvalue weighted by molar-refractivity contribution is 0.514. The van der Waals surface area contributed by atoms with Gasteiger partial charge in [0, 0.05) is 5.30 Å². The van der Waals surface area contributed by atoms with E-state index in [-0.39, 0.29) is 0 Å². The molecule has 0 aromatic heterocycles. The number of hydrogen-bond acceptors (Lipinski definition) is 0. The fourth-order valence-corrected chi connectivity index (χ4v) is 10.7. The van der Waals surface area contributed by atoms with Gasteiger partial charge in [-0.3, -0.25) is 0 Å². The van der Waals surface area contributed by atoms with Gasteiger partial charge in [0.05, 0.1) is 0 Å². The van der Waals surface area contributed by atoms with Gasteiger partial charge in [0.15, 0.2) is 11.6 Å². The Kier molecular flexibility index (Phi) is 4.76. The predicted octanol–water partition coefficient (Wildman–Crippen LogP) is 9.49. The van der Waals surface area contributed by atoms with Crippen molar-refractivity contribution >= 4 is 93.7 Å². The Morgan fingerprint density at radius 2 is 0.762 bits per heavy atom. The first-order valence-corrected chi connectivity index (χ1v) is 16.0. The predicted molar refractivity (Wildman–Crippen MR) is 180 cm³/mol. The van der Waals surface area contributed by atoms with Crippen molar-refractivity contribution in [3.63, 3.8) is 0 Å². The van der Waals surface area contributed by atoms with E-state index in [2.05, 4.69) is 109 Å². The van der Waals surface area contributed by atoms with Crippen molar-refractivity contribution in [1.29, 1.82) is 0 Å². The molecule has 0 aliphatic rings. The molecule has 0 N–H and O–H groups in total. The van der Waals surface area contributed by atoms with Crippen molar-refractivity contribution in [2.24, 2.45) is 0 Å². The van der Waals surface area contributed by atoms with Gasteiger partial charge in [0.2, 0.25) is 0 Å². The standard InChI is InChI=1S/C39H23F2P/c1-42(34-10-4-9-31(40)39(34)41,32-21-17-27-13-11-23-5-2-7-25-15-19-29(32)37(27)35(23)25)33-22-18-28-14-12-24-6-3-8-26-16-20-30(33)38(28)36(24)26/h2-22H,1H2. The molecular weight excluding hydrogens is 537 g/mol. The number of rotatable bonds is 3. The van der Waals surface area contributed by atoms with E-state index in [9.17, 15) is 0 Å². The molecule has 0 unspecified atom stereocenters. The van der Waals surface area contributed by atoms with Crippen molar-refractivity contribution in [2.75, 3.05) is 0 Å². The van der Waals surface area contributed by atoms with E-state index in [1.165, 1.54) is 16.8 Å². The van der Waals surface area contributed by atoms with Crippen molar-refractivity contribution in [3.8, 4) is 0 Å². The SMILES string of the molecule is C=P(c1cccc(F)c1F)(c1ccc2ccc3cccc4ccc1c2c34)c1ccc2ccc3cccc4ccc1c2c34. The van der Waals surface area contributed by atoms with Gasteiger partial charge in [0.25, 0.3) is 0 Å². The van der Waals surface area contributed by atoms with Crippen LogP contribution in [-0.2, 0) is 0 Å². The van der Waals surface area contributed by atoms with Crippen LogP contribution in [0.5, 0.6) is 0 Å². The fourth-order valence-electron chi connectivity index (χ4n) is 7.28. The Morgan fingerprint density at radius 1 is 0.381 bits per heavy atom. The molecule has 0 atom stereocenters. The maximum Gasteiger partial charge on any atom is 0.167 e. The molecule has 0 spiro atoms. The van der Waals surface area contributed by atoms with Crippen LogP contribution in [0.4, 0.5) is 8.78 Å². The van der Waals surface area contributed by atoms with Crippen LogP contribution in [0, 0.1) is 11.6 Å². The summed E-state index contributed by atoms with van der Waals surface area (Å²) in [7, 11) is 0. The molecule has 0 fully saturated rings. The summed E-state index contributed by atoms with van der Waals surface area (Å²) < 4.78 is 31.1. The molecule has 9 rings (SSSR count). The van der Waals surface area contributed by atoms with E-state index in [0.717, 1.165) is 64.5 Å². The van der Waals surface area contributed by atoms with Crippen LogP contribution in [-0.4, -0.2) is 6.30 Å². The van der Waals surface area contributed by atoms with E-state index in [1.807, 2.05) is 0 Å². The van der Waals surface area contributed by atoms with Gasteiger partial charge in [-0.05, 0) is 88.2 Å². The summed E-state index contributed by atoms with van der Waals surface area (Å²) in [4.78, 5) is 0. The molecule has 0 heterocycles. The third-order valence-electron chi connectivity index (χ3n) is 9.18. The zero-order valence-electron chi connectivity index (χ0n) is 22.5. The molecule has 0 radical (unpaired) electrons. The minimum absolute atomic E-state index is 0.326. The Balaban J connectivity index is 1.49. The zero-order valence-corrected chi connectivity index (χ0v) is 23.4. The zero-order chi connectivity index (χ0) is 28.2. The summed E-state index contributed by atoms with van der Waals surface area (Å²) in [6.45, 7) is -2.97. The lowest BCUT2D eigenvalue weighted by Crippen LogP contribution is -2.29. The van der Waals surface area contributed by atoms with E-state index >= 15 is 8.78 Å². The van der Waals surface area contributed by atoms with Crippen molar-refractivity contribution in [3.05, 3.63) is 139 Å². The van der Waals surface area contributed by atoms with Gasteiger partial charge in [-0.2, -0.15) is 0 Å². The van der Waals surface area contributed by atoms with Crippen LogP contribution in [0.1, 0.15) is 0 Å². The molecule has 9 aromatic carbocycles. The van der Waals surface area contributed by atoms with E-state index in [1.54, 1.807) is 12.1 Å². The van der Waals surface area contributed by atoms with Gasteiger partial charge in [-0.25, -0.2) is 8.78 Å². The minimum atomic E-state index is -2.97. The normalized spacial score (nSPS) is 12.6. The van der Waals surface area contributed by atoms with Crippen LogP contribution in [0.3, 0.4) is 0 Å². The Hall–Kier alpha value is -4.78. The highest BCUT2D eigenvalue weighted by Crippen LogP contribution is 2.49. The molecule has 3 heteroatoms. The summed E-state index contributed by atoms with van der Waals surface area (Å²) >= 11 is 0. The lowest BCUT2D eigenvalue weighted by Gasteiger charge is -2.30. The maximum atomic E-state index is 16.1. The third kappa shape index (κ3) is 3.00. The largest absolute Gasteiger partial charge is 0.204 e. The maximum absolute atomic E-state index is 16.1. The minimum Gasteiger partial charge on any atom is -0.204 e. The summed E-state index contributed by atoms with van der Waals surface area (Å²) in [6, 6.07) is 42.9. The molecule has 0 nitrogen and oxygen atoms in total. The van der Waals surface area contributed by atoms with E-state index < -0.39 is 18.5 Å². The number of hydrogen-bond donors (Lipinski definition) is 0. The van der Waals surface area contributed by atoms with Crippen LogP contribution in [0.15, 0.2) is 127 Å². The molecule has 0 aliphatic heterocycles. The molecule has 42 heavy (non-hydrogen) atoms. The molecule has 0 amide bonds. The smallest absolute Gasteiger partial charge is 0.167 e. The molecule has 0 saturated heterocycles. The topological polar surface area (TPSA) is 0 Å². The Bertz CT molecular complexity index is 2390. The Morgan fingerprint density at radius 3 is 1.24 bits per heavy atom.